The van der Waals surface area contributed by atoms with Crippen molar-refractivity contribution in [3.63, 3.8) is 0 Å². The summed E-state index contributed by atoms with van der Waals surface area (Å²) in [5.41, 5.74) is -0.131. The van der Waals surface area contributed by atoms with Gasteiger partial charge in [-0.3, -0.25) is 9.48 Å². The van der Waals surface area contributed by atoms with Crippen molar-refractivity contribution in [3.8, 4) is 0 Å². The van der Waals surface area contributed by atoms with Gasteiger partial charge in [-0.05, 0) is 43.6 Å². The van der Waals surface area contributed by atoms with Gasteiger partial charge in [-0.2, -0.15) is 5.10 Å². The number of ether oxygens (including phenoxy) is 1. The summed E-state index contributed by atoms with van der Waals surface area (Å²) in [6, 6.07) is -0.106. The van der Waals surface area contributed by atoms with Crippen LogP contribution < -0.4 is 0 Å². The van der Waals surface area contributed by atoms with E-state index in [4.69, 9.17) is 4.74 Å². The standard InChI is InChI=1S/C15H23BrN4O3/c1-10-8-19(13(21)12-11(16)9-18(5)17-12)6-7-20(10)14(22)23-15(2,3)4/h9-10H,6-8H2,1-5H3/t10-/m0/s1. The lowest BCUT2D eigenvalue weighted by Crippen LogP contribution is -2.56. The van der Waals surface area contributed by atoms with E-state index in [9.17, 15) is 9.59 Å². The van der Waals surface area contributed by atoms with Crippen molar-refractivity contribution in [2.45, 2.75) is 39.3 Å². The Bertz CT molecular complexity index is 608. The number of carbonyl (C=O) groups excluding carboxylic acids is 2. The van der Waals surface area contributed by atoms with Crippen molar-refractivity contribution in [1.82, 2.24) is 19.6 Å². The summed E-state index contributed by atoms with van der Waals surface area (Å²) in [6.45, 7) is 8.81. The highest BCUT2D eigenvalue weighted by Crippen LogP contribution is 2.20. The van der Waals surface area contributed by atoms with E-state index in [1.165, 1.54) is 0 Å². The van der Waals surface area contributed by atoms with Crippen LogP contribution in [0.5, 0.6) is 0 Å². The maximum atomic E-state index is 12.6. The number of carbonyl (C=O) groups is 2. The fraction of sp³-hybridized carbons (Fsp3) is 0.667. The lowest BCUT2D eigenvalue weighted by Gasteiger charge is -2.40. The van der Waals surface area contributed by atoms with Crippen LogP contribution in [0, 0.1) is 0 Å². The second kappa shape index (κ2) is 6.51. The fourth-order valence-electron chi connectivity index (χ4n) is 2.49. The molecule has 1 atom stereocenters. The van der Waals surface area contributed by atoms with E-state index in [-0.39, 0.29) is 18.0 Å². The molecule has 2 heterocycles. The minimum Gasteiger partial charge on any atom is -0.444 e. The Morgan fingerprint density at radius 3 is 2.48 bits per heavy atom. The van der Waals surface area contributed by atoms with Crippen LogP contribution in [0.25, 0.3) is 0 Å². The molecule has 1 aliphatic heterocycles. The maximum Gasteiger partial charge on any atom is 0.410 e. The molecule has 1 aliphatic rings. The van der Waals surface area contributed by atoms with Crippen LogP contribution in [0.4, 0.5) is 4.79 Å². The van der Waals surface area contributed by atoms with Crippen molar-refractivity contribution in [3.05, 3.63) is 16.4 Å². The number of nitrogens with zero attached hydrogens (tertiary/aromatic N) is 4. The molecule has 0 aliphatic carbocycles. The Morgan fingerprint density at radius 2 is 2.00 bits per heavy atom. The van der Waals surface area contributed by atoms with Gasteiger partial charge in [-0.1, -0.05) is 0 Å². The van der Waals surface area contributed by atoms with E-state index in [0.29, 0.717) is 29.8 Å². The minimum atomic E-state index is -0.525. The fourth-order valence-corrected chi connectivity index (χ4v) is 3.03. The highest BCUT2D eigenvalue weighted by atomic mass is 79.9. The lowest BCUT2D eigenvalue weighted by atomic mass is 10.2. The monoisotopic (exact) mass is 386 g/mol. The molecule has 8 heteroatoms. The molecule has 0 bridgehead atoms. The molecule has 0 aromatic carbocycles. The zero-order valence-electron chi connectivity index (χ0n) is 14.2. The number of hydrogen-bond donors (Lipinski definition) is 0. The molecule has 0 saturated carbocycles. The quantitative estimate of drug-likeness (QED) is 0.742. The van der Waals surface area contributed by atoms with Gasteiger partial charge in [0.15, 0.2) is 5.69 Å². The molecule has 2 rings (SSSR count). The van der Waals surface area contributed by atoms with Gasteiger partial charge in [0.2, 0.25) is 0 Å². The van der Waals surface area contributed by atoms with E-state index < -0.39 is 5.60 Å². The summed E-state index contributed by atoms with van der Waals surface area (Å²) in [5.74, 6) is -0.131. The van der Waals surface area contributed by atoms with Gasteiger partial charge in [0.1, 0.15) is 5.60 Å². The zero-order valence-corrected chi connectivity index (χ0v) is 15.8. The number of hydrogen-bond acceptors (Lipinski definition) is 4. The third kappa shape index (κ3) is 4.25. The molecule has 7 nitrogen and oxygen atoms in total. The second-order valence-corrected chi connectivity index (χ2v) is 7.63. The number of aryl methyl sites for hydroxylation is 1. The first kappa shape index (κ1) is 17.8. The summed E-state index contributed by atoms with van der Waals surface area (Å²) in [6.07, 6.45) is 1.41. The van der Waals surface area contributed by atoms with Crippen LogP contribution >= 0.6 is 15.9 Å². The van der Waals surface area contributed by atoms with Crippen LogP contribution in [-0.4, -0.2) is 62.9 Å². The summed E-state index contributed by atoms with van der Waals surface area (Å²) in [7, 11) is 1.77. The average molecular weight is 387 g/mol. The molecule has 0 spiro atoms. The van der Waals surface area contributed by atoms with Crippen LogP contribution in [0.3, 0.4) is 0 Å². The Kier molecular flexibility index (Phi) is 5.03. The summed E-state index contributed by atoms with van der Waals surface area (Å²) < 4.78 is 7.68. The van der Waals surface area contributed by atoms with E-state index in [2.05, 4.69) is 21.0 Å². The Morgan fingerprint density at radius 1 is 1.35 bits per heavy atom. The zero-order chi connectivity index (χ0) is 17.4. The predicted octanol–water partition coefficient (Wildman–Crippen LogP) is 2.26. The Hall–Kier alpha value is -1.57. The molecule has 0 radical (unpaired) electrons. The molecule has 1 saturated heterocycles. The van der Waals surface area contributed by atoms with E-state index >= 15 is 0 Å². The van der Waals surface area contributed by atoms with E-state index in [0.717, 1.165) is 0 Å². The largest absolute Gasteiger partial charge is 0.444 e. The van der Waals surface area contributed by atoms with Gasteiger partial charge in [-0.25, -0.2) is 4.79 Å². The summed E-state index contributed by atoms with van der Waals surface area (Å²) >= 11 is 3.35. The van der Waals surface area contributed by atoms with Gasteiger partial charge in [-0.15, -0.1) is 0 Å². The normalized spacial score (nSPS) is 19.0. The summed E-state index contributed by atoms with van der Waals surface area (Å²) in [5, 5.41) is 4.19. The number of aromatic nitrogens is 2. The van der Waals surface area contributed by atoms with Crippen molar-refractivity contribution in [1.29, 1.82) is 0 Å². The molecule has 1 fully saturated rings. The molecule has 1 aromatic heterocycles. The van der Waals surface area contributed by atoms with Crippen molar-refractivity contribution in [2.75, 3.05) is 19.6 Å². The van der Waals surface area contributed by atoms with Gasteiger partial charge < -0.3 is 14.5 Å². The molecule has 2 amide bonds. The van der Waals surface area contributed by atoms with Crippen LogP contribution in [0.15, 0.2) is 10.7 Å². The van der Waals surface area contributed by atoms with Gasteiger partial charge in [0.25, 0.3) is 5.91 Å². The smallest absolute Gasteiger partial charge is 0.410 e. The third-order valence-electron chi connectivity index (χ3n) is 3.53. The van der Waals surface area contributed by atoms with Crippen LogP contribution in [-0.2, 0) is 11.8 Å². The number of rotatable bonds is 1. The van der Waals surface area contributed by atoms with Gasteiger partial charge >= 0.3 is 6.09 Å². The van der Waals surface area contributed by atoms with Crippen LogP contribution in [0.2, 0.25) is 0 Å². The predicted molar refractivity (Wildman–Crippen MR) is 89.2 cm³/mol. The molecule has 23 heavy (non-hydrogen) atoms. The first-order valence-corrected chi connectivity index (χ1v) is 8.36. The SMILES string of the molecule is C[C@H]1CN(C(=O)c2nn(C)cc2Br)CCN1C(=O)OC(C)(C)C. The minimum absolute atomic E-state index is 0.106. The average Bonchev–Trinajstić information content (AvgIpc) is 2.74. The third-order valence-corrected chi connectivity index (χ3v) is 4.11. The highest BCUT2D eigenvalue weighted by molar-refractivity contribution is 9.10. The first-order chi connectivity index (χ1) is 10.6. The lowest BCUT2D eigenvalue weighted by molar-refractivity contribution is 0.00188. The molecule has 0 N–H and O–H groups in total. The van der Waals surface area contributed by atoms with E-state index in [1.807, 2.05) is 27.7 Å². The first-order valence-electron chi connectivity index (χ1n) is 7.56. The van der Waals surface area contributed by atoms with E-state index in [1.54, 1.807) is 27.7 Å². The summed E-state index contributed by atoms with van der Waals surface area (Å²) in [4.78, 5) is 28.2. The number of halogens is 1. The Labute approximate surface area is 144 Å². The molecule has 1 aromatic rings. The maximum absolute atomic E-state index is 12.6. The molecule has 0 unspecified atom stereocenters. The topological polar surface area (TPSA) is 67.7 Å². The van der Waals surface area contributed by atoms with Crippen molar-refractivity contribution < 1.29 is 14.3 Å². The van der Waals surface area contributed by atoms with Gasteiger partial charge in [0, 0.05) is 38.9 Å². The second-order valence-electron chi connectivity index (χ2n) is 6.77. The Balaban J connectivity index is 2.02. The van der Waals surface area contributed by atoms with Crippen LogP contribution in [0.1, 0.15) is 38.2 Å². The molecular formula is C15H23BrN4O3. The highest BCUT2D eigenvalue weighted by Gasteiger charge is 2.33. The molecular weight excluding hydrogens is 364 g/mol. The number of amides is 2. The van der Waals surface area contributed by atoms with Crippen molar-refractivity contribution in [2.24, 2.45) is 7.05 Å². The van der Waals surface area contributed by atoms with Crippen molar-refractivity contribution >= 4 is 27.9 Å². The molecule has 128 valence electrons. The van der Waals surface area contributed by atoms with Gasteiger partial charge in [0.05, 0.1) is 4.47 Å². The number of piperazine rings is 1.